The van der Waals surface area contributed by atoms with Crippen LogP contribution in [0, 0.1) is 0 Å². The van der Waals surface area contributed by atoms with Crippen molar-refractivity contribution in [3.63, 3.8) is 0 Å². The number of aliphatic hydroxyl groups excluding tert-OH is 1. The molecule has 0 radical (unpaired) electrons. The molecule has 0 saturated heterocycles. The van der Waals surface area contributed by atoms with E-state index >= 15 is 0 Å². The van der Waals surface area contributed by atoms with Crippen LogP contribution in [0.3, 0.4) is 0 Å². The number of carbonyl (C=O) groups excluding carboxylic acids is 1. The van der Waals surface area contributed by atoms with Gasteiger partial charge < -0.3 is 15.3 Å². The lowest BCUT2D eigenvalue weighted by molar-refractivity contribution is -0.123. The average molecular weight is 333 g/mol. The first-order valence-corrected chi connectivity index (χ1v) is 8.16. The summed E-state index contributed by atoms with van der Waals surface area (Å²) in [5.41, 5.74) is 1.27. The van der Waals surface area contributed by atoms with Crippen LogP contribution in [-0.2, 0) is 17.8 Å². The molecular formula is C16H23N5O3. The number of fused-ring (bicyclic) bond motifs is 1. The molecule has 0 spiro atoms. The molecule has 8 heteroatoms. The Bertz CT molecular complexity index is 817. The van der Waals surface area contributed by atoms with Crippen molar-refractivity contribution in [2.45, 2.75) is 44.9 Å². The third-order valence-corrected chi connectivity index (χ3v) is 4.34. The third kappa shape index (κ3) is 3.01. The molecule has 1 saturated carbocycles. The smallest absolute Gasteiger partial charge is 0.291 e. The second-order valence-corrected chi connectivity index (χ2v) is 6.50. The average Bonchev–Trinajstić information content (AvgIpc) is 2.92. The fraction of sp³-hybridized carbons (Fsp3) is 0.562. The van der Waals surface area contributed by atoms with E-state index in [0.717, 1.165) is 12.0 Å². The van der Waals surface area contributed by atoms with E-state index in [0.29, 0.717) is 24.3 Å². The SMILES string of the molecule is CCc1cc2c(=O)n(CC(=O)NC3CC(O)C3)nc(N(C)C)n2c1. The first kappa shape index (κ1) is 16.5. The number of aryl methyl sites for hydroxylation is 1. The lowest BCUT2D eigenvalue weighted by Gasteiger charge is -2.31. The van der Waals surface area contributed by atoms with Crippen molar-refractivity contribution in [1.82, 2.24) is 19.5 Å². The largest absolute Gasteiger partial charge is 0.393 e. The van der Waals surface area contributed by atoms with Gasteiger partial charge in [-0.3, -0.25) is 14.0 Å². The molecule has 130 valence electrons. The Morgan fingerprint density at radius 1 is 1.46 bits per heavy atom. The Balaban J connectivity index is 1.91. The van der Waals surface area contributed by atoms with E-state index in [2.05, 4.69) is 10.4 Å². The minimum atomic E-state index is -0.332. The molecule has 2 heterocycles. The molecule has 1 aliphatic carbocycles. The molecule has 0 unspecified atom stereocenters. The molecule has 0 aromatic carbocycles. The first-order valence-electron chi connectivity index (χ1n) is 8.16. The first-order chi connectivity index (χ1) is 11.4. The van der Waals surface area contributed by atoms with Crippen molar-refractivity contribution in [2.24, 2.45) is 0 Å². The quantitative estimate of drug-likeness (QED) is 0.788. The number of rotatable bonds is 5. The van der Waals surface area contributed by atoms with Crippen LogP contribution < -0.4 is 15.8 Å². The summed E-state index contributed by atoms with van der Waals surface area (Å²) in [6.07, 6.45) is 3.52. The van der Waals surface area contributed by atoms with Gasteiger partial charge in [0.15, 0.2) is 0 Å². The van der Waals surface area contributed by atoms with Crippen LogP contribution in [0.25, 0.3) is 5.52 Å². The van der Waals surface area contributed by atoms with Gasteiger partial charge in [0.1, 0.15) is 12.1 Å². The number of amides is 1. The summed E-state index contributed by atoms with van der Waals surface area (Å²) in [4.78, 5) is 26.6. The van der Waals surface area contributed by atoms with Crippen molar-refractivity contribution < 1.29 is 9.90 Å². The van der Waals surface area contributed by atoms with Crippen molar-refractivity contribution in [3.8, 4) is 0 Å². The highest BCUT2D eigenvalue weighted by molar-refractivity contribution is 5.76. The summed E-state index contributed by atoms with van der Waals surface area (Å²) in [7, 11) is 3.69. The van der Waals surface area contributed by atoms with Gasteiger partial charge in [0.25, 0.3) is 5.56 Å². The van der Waals surface area contributed by atoms with E-state index in [-0.39, 0.29) is 30.2 Å². The van der Waals surface area contributed by atoms with Crippen molar-refractivity contribution >= 4 is 17.4 Å². The van der Waals surface area contributed by atoms with Gasteiger partial charge in [0, 0.05) is 26.3 Å². The van der Waals surface area contributed by atoms with Crippen LogP contribution >= 0.6 is 0 Å². The van der Waals surface area contributed by atoms with Gasteiger partial charge in [-0.15, -0.1) is 5.10 Å². The molecule has 2 aromatic heterocycles. The molecule has 0 bridgehead atoms. The Morgan fingerprint density at radius 2 is 2.17 bits per heavy atom. The highest BCUT2D eigenvalue weighted by atomic mass is 16.3. The second kappa shape index (κ2) is 6.27. The molecule has 0 aliphatic heterocycles. The highest BCUT2D eigenvalue weighted by Crippen LogP contribution is 2.19. The lowest BCUT2D eigenvalue weighted by atomic mass is 9.89. The summed E-state index contributed by atoms with van der Waals surface area (Å²) in [5.74, 6) is 0.328. The summed E-state index contributed by atoms with van der Waals surface area (Å²) in [6.45, 7) is 1.89. The van der Waals surface area contributed by atoms with Crippen molar-refractivity contribution in [3.05, 3.63) is 28.2 Å². The van der Waals surface area contributed by atoms with Crippen LogP contribution in [0.15, 0.2) is 17.1 Å². The summed E-state index contributed by atoms with van der Waals surface area (Å²) in [6, 6.07) is 1.83. The van der Waals surface area contributed by atoms with Gasteiger partial charge in [-0.2, -0.15) is 0 Å². The number of hydrogen-bond donors (Lipinski definition) is 2. The monoisotopic (exact) mass is 333 g/mol. The summed E-state index contributed by atoms with van der Waals surface area (Å²) >= 11 is 0. The minimum Gasteiger partial charge on any atom is -0.393 e. The van der Waals surface area contributed by atoms with E-state index < -0.39 is 0 Å². The Kier molecular flexibility index (Phi) is 4.31. The zero-order chi connectivity index (χ0) is 17.4. The van der Waals surface area contributed by atoms with Gasteiger partial charge in [-0.25, -0.2) is 4.68 Å². The Hall–Kier alpha value is -2.35. The highest BCUT2D eigenvalue weighted by Gasteiger charge is 2.28. The maximum absolute atomic E-state index is 12.6. The number of anilines is 1. The van der Waals surface area contributed by atoms with E-state index in [9.17, 15) is 14.7 Å². The van der Waals surface area contributed by atoms with Crippen LogP contribution in [0.5, 0.6) is 0 Å². The number of hydrogen-bond acceptors (Lipinski definition) is 5. The molecule has 2 aromatic rings. The predicted molar refractivity (Wildman–Crippen MR) is 90.3 cm³/mol. The number of nitrogens with zero attached hydrogens (tertiary/aromatic N) is 4. The number of aromatic nitrogens is 3. The molecule has 1 fully saturated rings. The second-order valence-electron chi connectivity index (χ2n) is 6.50. The molecule has 1 amide bonds. The van der Waals surface area contributed by atoms with Crippen LogP contribution in [0.1, 0.15) is 25.3 Å². The van der Waals surface area contributed by atoms with E-state index in [1.165, 1.54) is 4.68 Å². The molecule has 1 aliphatic rings. The zero-order valence-electron chi connectivity index (χ0n) is 14.2. The summed E-state index contributed by atoms with van der Waals surface area (Å²) < 4.78 is 2.96. The fourth-order valence-corrected chi connectivity index (χ4v) is 2.90. The van der Waals surface area contributed by atoms with Crippen LogP contribution in [-0.4, -0.2) is 51.4 Å². The number of nitrogens with one attached hydrogen (secondary N) is 1. The lowest BCUT2D eigenvalue weighted by Crippen LogP contribution is -2.48. The van der Waals surface area contributed by atoms with E-state index in [1.54, 1.807) is 4.40 Å². The maximum Gasteiger partial charge on any atom is 0.291 e. The number of carbonyl (C=O) groups is 1. The minimum absolute atomic E-state index is 0.0137. The summed E-state index contributed by atoms with van der Waals surface area (Å²) in [5, 5.41) is 16.4. The van der Waals surface area contributed by atoms with Crippen LogP contribution in [0.2, 0.25) is 0 Å². The third-order valence-electron chi connectivity index (χ3n) is 4.34. The van der Waals surface area contributed by atoms with Crippen molar-refractivity contribution in [2.75, 3.05) is 19.0 Å². The normalized spacial score (nSPS) is 20.0. The molecular weight excluding hydrogens is 310 g/mol. The van der Waals surface area contributed by atoms with Gasteiger partial charge in [-0.05, 0) is 30.9 Å². The van der Waals surface area contributed by atoms with Gasteiger partial charge in [0.2, 0.25) is 11.9 Å². The molecule has 8 nitrogen and oxygen atoms in total. The Labute approximate surface area is 139 Å². The van der Waals surface area contributed by atoms with Crippen molar-refractivity contribution in [1.29, 1.82) is 0 Å². The van der Waals surface area contributed by atoms with Gasteiger partial charge >= 0.3 is 0 Å². The molecule has 24 heavy (non-hydrogen) atoms. The molecule has 0 atom stereocenters. The van der Waals surface area contributed by atoms with E-state index in [1.807, 2.05) is 38.2 Å². The maximum atomic E-state index is 12.6. The Morgan fingerprint density at radius 3 is 2.75 bits per heavy atom. The van der Waals surface area contributed by atoms with Crippen LogP contribution in [0.4, 0.5) is 5.95 Å². The van der Waals surface area contributed by atoms with Gasteiger partial charge in [-0.1, -0.05) is 6.92 Å². The predicted octanol–water partition coefficient (Wildman–Crippen LogP) is -0.236. The topological polar surface area (TPSA) is 91.9 Å². The molecule has 3 rings (SSSR count). The zero-order valence-corrected chi connectivity index (χ0v) is 14.2. The standard InChI is InChI=1S/C16H23N5O3/c1-4-10-5-13-15(24)21(18-16(19(2)3)20(13)8-10)9-14(23)17-11-6-12(22)7-11/h5,8,11-12,22H,4,6-7,9H2,1-3H3,(H,17,23). The molecule has 2 N–H and O–H groups in total. The van der Waals surface area contributed by atoms with Gasteiger partial charge in [0.05, 0.1) is 6.10 Å². The number of aliphatic hydroxyl groups is 1. The van der Waals surface area contributed by atoms with E-state index in [4.69, 9.17) is 0 Å². The fourth-order valence-electron chi connectivity index (χ4n) is 2.90.